The second-order valence-corrected chi connectivity index (χ2v) is 11.1. The average Bonchev–Trinajstić information content (AvgIpc) is 3.38. The lowest BCUT2D eigenvalue weighted by Crippen LogP contribution is -2.44. The fourth-order valence-electron chi connectivity index (χ4n) is 4.58. The van der Waals surface area contributed by atoms with Crippen molar-refractivity contribution in [3.05, 3.63) is 129 Å². The van der Waals surface area contributed by atoms with Gasteiger partial charge in [0.05, 0.1) is 17.8 Å². The number of primary sulfonamides is 1. The van der Waals surface area contributed by atoms with E-state index in [2.05, 4.69) is 10.3 Å². The molecule has 2 aromatic heterocycles. The van der Waals surface area contributed by atoms with Gasteiger partial charge in [0.25, 0.3) is 5.56 Å². The van der Waals surface area contributed by atoms with Crippen molar-refractivity contribution in [3.8, 4) is 0 Å². The Hall–Kier alpha value is -4.81. The van der Waals surface area contributed by atoms with Gasteiger partial charge in [0.1, 0.15) is 6.54 Å². The minimum atomic E-state index is -3.79. The van der Waals surface area contributed by atoms with Gasteiger partial charge in [-0.25, -0.2) is 27.9 Å². The summed E-state index contributed by atoms with van der Waals surface area (Å²) in [4.78, 5) is 44.5. The Kier molecular flexibility index (Phi) is 7.95. The quantitative estimate of drug-likeness (QED) is 0.259. The maximum absolute atomic E-state index is 13.6. The van der Waals surface area contributed by atoms with Gasteiger partial charge in [0, 0.05) is 13.1 Å². The lowest BCUT2D eigenvalue weighted by atomic mass is 10.1. The van der Waals surface area contributed by atoms with Crippen LogP contribution in [0.5, 0.6) is 0 Å². The normalized spacial score (nSPS) is 11.5. The lowest BCUT2D eigenvalue weighted by Gasteiger charge is -2.13. The van der Waals surface area contributed by atoms with E-state index in [0.717, 1.165) is 21.3 Å². The molecule has 3 N–H and O–H groups in total. The minimum Gasteiger partial charge on any atom is -0.354 e. The van der Waals surface area contributed by atoms with Crippen LogP contribution in [0.1, 0.15) is 16.7 Å². The zero-order valence-electron chi connectivity index (χ0n) is 22.0. The van der Waals surface area contributed by atoms with E-state index in [1.807, 2.05) is 60.7 Å². The van der Waals surface area contributed by atoms with Crippen molar-refractivity contribution in [2.45, 2.75) is 31.0 Å². The number of amides is 1. The Labute approximate surface area is 235 Å². The third-order valence-electron chi connectivity index (χ3n) is 6.65. The van der Waals surface area contributed by atoms with Gasteiger partial charge < -0.3 is 9.88 Å². The maximum Gasteiger partial charge on any atom is 0.333 e. The smallest absolute Gasteiger partial charge is 0.333 e. The summed E-state index contributed by atoms with van der Waals surface area (Å²) < 4.78 is 26.9. The largest absolute Gasteiger partial charge is 0.354 e. The third kappa shape index (κ3) is 6.34. The molecule has 3 aromatic carbocycles. The molecule has 5 aromatic rings. The van der Waals surface area contributed by atoms with Crippen LogP contribution in [-0.4, -0.2) is 39.6 Å². The van der Waals surface area contributed by atoms with E-state index < -0.39 is 33.7 Å². The van der Waals surface area contributed by atoms with Crippen LogP contribution >= 0.6 is 0 Å². The third-order valence-corrected chi connectivity index (χ3v) is 7.58. The minimum absolute atomic E-state index is 0.00154. The molecule has 0 radical (unpaired) electrons. The first-order valence-electron chi connectivity index (χ1n) is 12.9. The summed E-state index contributed by atoms with van der Waals surface area (Å²) in [5, 5.41) is 7.86. The molecule has 11 nitrogen and oxygen atoms in total. The zero-order valence-corrected chi connectivity index (χ0v) is 22.8. The van der Waals surface area contributed by atoms with Crippen LogP contribution in [0.15, 0.2) is 106 Å². The Morgan fingerprint density at radius 2 is 1.41 bits per heavy atom. The molecular formula is C29H28N6O5S. The van der Waals surface area contributed by atoms with Crippen LogP contribution in [0.4, 0.5) is 0 Å². The van der Waals surface area contributed by atoms with Crippen LogP contribution in [0.3, 0.4) is 0 Å². The maximum atomic E-state index is 13.6. The molecule has 0 fully saturated rings. The molecule has 0 atom stereocenters. The summed E-state index contributed by atoms with van der Waals surface area (Å²) in [6, 6.07) is 24.9. The summed E-state index contributed by atoms with van der Waals surface area (Å²) >= 11 is 0. The van der Waals surface area contributed by atoms with Gasteiger partial charge in [-0.3, -0.25) is 14.2 Å². The molecule has 41 heavy (non-hydrogen) atoms. The lowest BCUT2D eigenvalue weighted by molar-refractivity contribution is -0.121. The van der Waals surface area contributed by atoms with Crippen LogP contribution in [0, 0.1) is 0 Å². The molecule has 0 aliphatic rings. The standard InChI is InChI=1S/C29H28N6O5S/c30-41(39,40)24-13-11-21(12-14-24)15-16-31-25(36)19-35-28(37)26-27(32-20-33(26)17-22-7-3-1-4-8-22)34(29(35)38)18-23-9-5-2-6-10-23/h1-14,20H,15-19H2,(H,31,36)(H2,30,39,40). The SMILES string of the molecule is NS(=O)(=O)c1ccc(CCNC(=O)Cn2c(=O)c3c(ncn3Cc3ccccc3)n(Cc3ccccc3)c2=O)cc1. The number of hydrogen-bond donors (Lipinski definition) is 2. The topological polar surface area (TPSA) is 151 Å². The molecule has 12 heteroatoms. The first-order chi connectivity index (χ1) is 19.7. The van der Waals surface area contributed by atoms with Crippen molar-refractivity contribution >= 4 is 27.1 Å². The van der Waals surface area contributed by atoms with Crippen LogP contribution in [0.2, 0.25) is 0 Å². The van der Waals surface area contributed by atoms with Gasteiger partial charge in [0.2, 0.25) is 15.9 Å². The number of carbonyl (C=O) groups excluding carboxylic acids is 1. The number of imidazole rings is 1. The number of benzene rings is 3. The molecule has 0 bridgehead atoms. The first kappa shape index (κ1) is 27.7. The second kappa shape index (κ2) is 11.7. The second-order valence-electron chi connectivity index (χ2n) is 9.56. The summed E-state index contributed by atoms with van der Waals surface area (Å²) in [5.74, 6) is -0.509. The highest BCUT2D eigenvalue weighted by Gasteiger charge is 2.20. The predicted molar refractivity (Wildman–Crippen MR) is 154 cm³/mol. The van der Waals surface area contributed by atoms with E-state index in [-0.39, 0.29) is 29.1 Å². The number of sulfonamides is 1. The van der Waals surface area contributed by atoms with E-state index >= 15 is 0 Å². The molecule has 5 rings (SSSR count). The number of aromatic nitrogens is 4. The number of nitrogens with zero attached hydrogens (tertiary/aromatic N) is 4. The van der Waals surface area contributed by atoms with Gasteiger partial charge in [-0.05, 0) is 35.2 Å². The highest BCUT2D eigenvalue weighted by atomic mass is 32.2. The van der Waals surface area contributed by atoms with Crippen molar-refractivity contribution in [2.75, 3.05) is 6.54 Å². The molecule has 0 spiro atoms. The van der Waals surface area contributed by atoms with Crippen molar-refractivity contribution in [1.82, 2.24) is 24.0 Å². The Morgan fingerprint density at radius 3 is 2.02 bits per heavy atom. The number of nitrogens with two attached hydrogens (primary N) is 1. The molecular weight excluding hydrogens is 544 g/mol. The van der Waals surface area contributed by atoms with E-state index in [0.29, 0.717) is 13.0 Å². The molecule has 0 aliphatic heterocycles. The number of carbonyl (C=O) groups is 1. The summed E-state index contributed by atoms with van der Waals surface area (Å²) in [5.41, 5.74) is 1.82. The Balaban J connectivity index is 1.41. The van der Waals surface area contributed by atoms with Crippen molar-refractivity contribution in [2.24, 2.45) is 5.14 Å². The Morgan fingerprint density at radius 1 is 0.805 bits per heavy atom. The number of fused-ring (bicyclic) bond motifs is 1. The van der Waals surface area contributed by atoms with Gasteiger partial charge in [-0.1, -0.05) is 72.8 Å². The van der Waals surface area contributed by atoms with Crippen molar-refractivity contribution in [3.63, 3.8) is 0 Å². The van der Waals surface area contributed by atoms with Crippen LogP contribution in [0.25, 0.3) is 11.2 Å². The van der Waals surface area contributed by atoms with Crippen LogP contribution in [-0.2, 0) is 40.9 Å². The van der Waals surface area contributed by atoms with Gasteiger partial charge >= 0.3 is 5.69 Å². The van der Waals surface area contributed by atoms with Crippen LogP contribution < -0.4 is 21.7 Å². The molecule has 1 amide bonds. The molecule has 0 aliphatic carbocycles. The van der Waals surface area contributed by atoms with Gasteiger partial charge in [0.15, 0.2) is 11.2 Å². The average molecular weight is 573 g/mol. The Bertz CT molecular complexity index is 1910. The summed E-state index contributed by atoms with van der Waals surface area (Å²) in [7, 11) is -3.79. The van der Waals surface area contributed by atoms with E-state index in [1.165, 1.54) is 23.0 Å². The first-order valence-corrected chi connectivity index (χ1v) is 14.4. The number of rotatable bonds is 10. The molecule has 0 saturated heterocycles. The monoisotopic (exact) mass is 572 g/mol. The zero-order chi connectivity index (χ0) is 29.0. The molecule has 0 unspecified atom stereocenters. The van der Waals surface area contributed by atoms with Gasteiger partial charge in [-0.15, -0.1) is 0 Å². The summed E-state index contributed by atoms with van der Waals surface area (Å²) in [6.07, 6.45) is 1.94. The fourth-order valence-corrected chi connectivity index (χ4v) is 5.09. The predicted octanol–water partition coefficient (Wildman–Crippen LogP) is 1.46. The molecule has 210 valence electrons. The van der Waals surface area contributed by atoms with Crippen molar-refractivity contribution < 1.29 is 13.2 Å². The highest BCUT2D eigenvalue weighted by Crippen LogP contribution is 2.13. The molecule has 2 heterocycles. The molecule has 0 saturated carbocycles. The fraction of sp³-hybridized carbons (Fsp3) is 0.172. The van der Waals surface area contributed by atoms with E-state index in [4.69, 9.17) is 5.14 Å². The highest BCUT2D eigenvalue weighted by molar-refractivity contribution is 7.89. The van der Waals surface area contributed by atoms with E-state index in [1.54, 1.807) is 16.7 Å². The van der Waals surface area contributed by atoms with E-state index in [9.17, 15) is 22.8 Å². The summed E-state index contributed by atoms with van der Waals surface area (Å²) in [6.45, 7) is 0.291. The number of nitrogens with one attached hydrogen (secondary N) is 1. The number of hydrogen-bond acceptors (Lipinski definition) is 6. The van der Waals surface area contributed by atoms with Gasteiger partial charge in [-0.2, -0.15) is 0 Å². The van der Waals surface area contributed by atoms with Crippen molar-refractivity contribution in [1.29, 1.82) is 0 Å².